The summed E-state index contributed by atoms with van der Waals surface area (Å²) in [5, 5.41) is 2.65. The SMILES string of the molecule is C[C@H]1C[C@H](C)C[NH+]([C@@H](C)C(=O)NCCN2C(=O)CSC2=O)C1. The fraction of sp³-hybridized carbons (Fsp3) is 0.800. The van der Waals surface area contributed by atoms with Crippen LogP contribution in [0.1, 0.15) is 27.2 Å². The first-order chi connectivity index (χ1) is 10.4. The van der Waals surface area contributed by atoms with Crippen molar-refractivity contribution in [2.24, 2.45) is 11.8 Å². The first-order valence-electron chi connectivity index (χ1n) is 7.98. The Kier molecular flexibility index (Phi) is 5.86. The first kappa shape index (κ1) is 17.3. The molecule has 3 atom stereocenters. The van der Waals surface area contributed by atoms with Crippen LogP contribution in [0, 0.1) is 11.8 Å². The third-order valence-corrected chi connectivity index (χ3v) is 5.37. The van der Waals surface area contributed by atoms with Gasteiger partial charge in [0.25, 0.3) is 11.1 Å². The molecule has 0 aromatic rings. The Morgan fingerprint density at radius 3 is 2.55 bits per heavy atom. The molecule has 2 saturated heterocycles. The first-order valence-corrected chi connectivity index (χ1v) is 8.96. The average molecular weight is 328 g/mol. The number of nitrogens with zero attached hydrogens (tertiary/aromatic N) is 1. The van der Waals surface area contributed by atoms with Crippen molar-refractivity contribution in [3.05, 3.63) is 0 Å². The number of carbonyl (C=O) groups is 3. The lowest BCUT2D eigenvalue weighted by Gasteiger charge is -2.35. The predicted octanol–water partition coefficient (Wildman–Crippen LogP) is -0.253. The molecule has 0 spiro atoms. The minimum atomic E-state index is -0.211. The van der Waals surface area contributed by atoms with Crippen molar-refractivity contribution in [3.8, 4) is 0 Å². The molecule has 2 aliphatic rings. The number of amides is 3. The molecule has 2 rings (SSSR count). The summed E-state index contributed by atoms with van der Waals surface area (Å²) in [7, 11) is 0. The second-order valence-electron chi connectivity index (χ2n) is 6.63. The maximum absolute atomic E-state index is 12.3. The number of quaternary nitrogens is 1. The van der Waals surface area contributed by atoms with Gasteiger partial charge >= 0.3 is 0 Å². The molecular weight excluding hydrogens is 302 g/mol. The third-order valence-electron chi connectivity index (χ3n) is 4.51. The maximum atomic E-state index is 12.3. The number of rotatable bonds is 5. The number of likely N-dealkylation sites (tertiary alicyclic amines) is 1. The van der Waals surface area contributed by atoms with E-state index in [-0.39, 0.29) is 35.4 Å². The highest BCUT2D eigenvalue weighted by molar-refractivity contribution is 8.14. The van der Waals surface area contributed by atoms with Crippen LogP contribution in [0.4, 0.5) is 4.79 Å². The van der Waals surface area contributed by atoms with Gasteiger partial charge in [-0.2, -0.15) is 0 Å². The van der Waals surface area contributed by atoms with E-state index in [1.54, 1.807) is 0 Å². The molecular formula is C15H26N3O3S+. The van der Waals surface area contributed by atoms with Gasteiger partial charge in [0, 0.05) is 24.9 Å². The topological polar surface area (TPSA) is 70.9 Å². The summed E-state index contributed by atoms with van der Waals surface area (Å²) in [4.78, 5) is 37.8. The Morgan fingerprint density at radius 1 is 1.36 bits per heavy atom. The van der Waals surface area contributed by atoms with Crippen LogP contribution in [0.5, 0.6) is 0 Å². The normalized spacial score (nSPS) is 30.5. The van der Waals surface area contributed by atoms with Gasteiger partial charge in [-0.15, -0.1) is 0 Å². The summed E-state index contributed by atoms with van der Waals surface area (Å²) in [5.74, 6) is 1.35. The fourth-order valence-electron chi connectivity index (χ4n) is 3.41. The van der Waals surface area contributed by atoms with Crippen molar-refractivity contribution < 1.29 is 19.3 Å². The molecule has 7 heteroatoms. The number of thioether (sulfide) groups is 1. The molecule has 0 aromatic carbocycles. The third kappa shape index (κ3) is 4.23. The highest BCUT2D eigenvalue weighted by Gasteiger charge is 2.33. The Balaban J connectivity index is 1.76. The minimum Gasteiger partial charge on any atom is -0.349 e. The van der Waals surface area contributed by atoms with Crippen molar-refractivity contribution in [2.75, 3.05) is 31.9 Å². The highest BCUT2D eigenvalue weighted by Crippen LogP contribution is 2.17. The average Bonchev–Trinajstić information content (AvgIpc) is 2.77. The summed E-state index contributed by atoms with van der Waals surface area (Å²) in [5.41, 5.74) is 0. The number of imide groups is 1. The van der Waals surface area contributed by atoms with Gasteiger partial charge in [-0.3, -0.25) is 19.3 Å². The van der Waals surface area contributed by atoms with Crippen molar-refractivity contribution >= 4 is 28.8 Å². The zero-order valence-corrected chi connectivity index (χ0v) is 14.4. The van der Waals surface area contributed by atoms with E-state index in [0.29, 0.717) is 18.4 Å². The minimum absolute atomic E-state index is 0.00282. The Bertz CT molecular complexity index is 431. The Hall–Kier alpha value is -1.08. The zero-order valence-electron chi connectivity index (χ0n) is 13.6. The van der Waals surface area contributed by atoms with Gasteiger partial charge in [0.2, 0.25) is 5.91 Å². The molecule has 22 heavy (non-hydrogen) atoms. The van der Waals surface area contributed by atoms with Gasteiger partial charge in [-0.25, -0.2) is 0 Å². The van der Waals surface area contributed by atoms with Crippen LogP contribution in [0.25, 0.3) is 0 Å². The standard InChI is InChI=1S/C15H25N3O3S/c1-10-6-11(2)8-17(7-10)12(3)14(20)16-4-5-18-13(19)9-22-15(18)21/h10-12H,4-9H2,1-3H3,(H,16,20)/p+1/t10-,11-,12-/m0/s1. The van der Waals surface area contributed by atoms with Gasteiger partial charge in [0.15, 0.2) is 6.04 Å². The molecule has 2 N–H and O–H groups in total. The number of hydrogen-bond acceptors (Lipinski definition) is 4. The van der Waals surface area contributed by atoms with E-state index < -0.39 is 0 Å². The summed E-state index contributed by atoms with van der Waals surface area (Å²) < 4.78 is 0. The van der Waals surface area contributed by atoms with Crippen LogP contribution in [0.15, 0.2) is 0 Å². The number of hydrogen-bond donors (Lipinski definition) is 2. The van der Waals surface area contributed by atoms with E-state index in [0.717, 1.165) is 24.9 Å². The smallest absolute Gasteiger partial charge is 0.288 e. The van der Waals surface area contributed by atoms with E-state index in [4.69, 9.17) is 0 Å². The second kappa shape index (κ2) is 7.46. The summed E-state index contributed by atoms with van der Waals surface area (Å²) in [6.07, 6.45) is 1.23. The summed E-state index contributed by atoms with van der Waals surface area (Å²) in [6, 6.07) is -0.0930. The van der Waals surface area contributed by atoms with Crippen molar-refractivity contribution in [2.45, 2.75) is 33.2 Å². The lowest BCUT2D eigenvalue weighted by molar-refractivity contribution is -0.925. The van der Waals surface area contributed by atoms with E-state index in [1.807, 2.05) is 6.92 Å². The van der Waals surface area contributed by atoms with Gasteiger partial charge < -0.3 is 10.2 Å². The molecule has 0 aliphatic carbocycles. The Morgan fingerprint density at radius 2 is 2.00 bits per heavy atom. The quantitative estimate of drug-likeness (QED) is 0.730. The van der Waals surface area contributed by atoms with Crippen LogP contribution in [-0.4, -0.2) is 59.9 Å². The molecule has 3 amide bonds. The van der Waals surface area contributed by atoms with Crippen LogP contribution in [0.2, 0.25) is 0 Å². The molecule has 0 radical (unpaired) electrons. The molecule has 2 fully saturated rings. The maximum Gasteiger partial charge on any atom is 0.288 e. The van der Waals surface area contributed by atoms with E-state index in [1.165, 1.54) is 16.2 Å². The second-order valence-corrected chi connectivity index (χ2v) is 7.55. The molecule has 2 aliphatic heterocycles. The number of piperidine rings is 1. The predicted molar refractivity (Wildman–Crippen MR) is 85.7 cm³/mol. The lowest BCUT2D eigenvalue weighted by atomic mass is 9.91. The molecule has 0 saturated carbocycles. The monoisotopic (exact) mass is 328 g/mol. The van der Waals surface area contributed by atoms with E-state index >= 15 is 0 Å². The Labute approximate surface area is 136 Å². The summed E-state index contributed by atoms with van der Waals surface area (Å²) in [6.45, 7) is 9.09. The lowest BCUT2D eigenvalue weighted by Crippen LogP contribution is -3.18. The molecule has 124 valence electrons. The zero-order chi connectivity index (χ0) is 16.3. The van der Waals surface area contributed by atoms with Crippen LogP contribution < -0.4 is 10.2 Å². The van der Waals surface area contributed by atoms with Crippen molar-refractivity contribution in [1.29, 1.82) is 0 Å². The number of carbonyl (C=O) groups excluding carboxylic acids is 3. The molecule has 0 aromatic heterocycles. The van der Waals surface area contributed by atoms with E-state index in [2.05, 4.69) is 19.2 Å². The van der Waals surface area contributed by atoms with Crippen molar-refractivity contribution in [1.82, 2.24) is 10.2 Å². The van der Waals surface area contributed by atoms with Crippen LogP contribution in [-0.2, 0) is 9.59 Å². The fourth-order valence-corrected chi connectivity index (χ4v) is 4.16. The van der Waals surface area contributed by atoms with E-state index in [9.17, 15) is 14.4 Å². The number of nitrogens with one attached hydrogen (secondary N) is 2. The molecule has 0 unspecified atom stereocenters. The molecule has 6 nitrogen and oxygen atoms in total. The van der Waals surface area contributed by atoms with Crippen LogP contribution in [0.3, 0.4) is 0 Å². The van der Waals surface area contributed by atoms with Gasteiger partial charge in [-0.1, -0.05) is 25.6 Å². The molecule has 2 heterocycles. The van der Waals surface area contributed by atoms with Gasteiger partial charge in [0.05, 0.1) is 18.8 Å². The summed E-state index contributed by atoms with van der Waals surface area (Å²) >= 11 is 1.02. The molecule has 0 bridgehead atoms. The van der Waals surface area contributed by atoms with Gasteiger partial charge in [0.1, 0.15) is 0 Å². The highest BCUT2D eigenvalue weighted by atomic mass is 32.2. The van der Waals surface area contributed by atoms with Crippen molar-refractivity contribution in [3.63, 3.8) is 0 Å². The van der Waals surface area contributed by atoms with Crippen LogP contribution >= 0.6 is 11.8 Å². The van der Waals surface area contributed by atoms with Gasteiger partial charge in [-0.05, 0) is 13.3 Å². The largest absolute Gasteiger partial charge is 0.349 e.